The molecule has 2 nitrogen and oxygen atoms in total. The van der Waals surface area contributed by atoms with E-state index in [-0.39, 0.29) is 17.0 Å². The van der Waals surface area contributed by atoms with Crippen molar-refractivity contribution in [3.05, 3.63) is 0 Å². The fraction of sp³-hybridized carbons (Fsp3) is 0.955. The molecule has 0 fully saturated rings. The summed E-state index contributed by atoms with van der Waals surface area (Å²) >= 11 is 0. The number of halogens is 1. The third-order valence-electron chi connectivity index (χ3n) is 4.92. The number of hydrogen-bond acceptors (Lipinski definition) is 0. The van der Waals surface area contributed by atoms with Crippen LogP contribution in [-0.4, -0.2) is 31.1 Å². The van der Waals surface area contributed by atoms with Gasteiger partial charge in [0.15, 0.2) is 0 Å². The number of amidine groups is 1. The van der Waals surface area contributed by atoms with Crippen LogP contribution in [0.15, 0.2) is 0 Å². The molecule has 0 unspecified atom stereocenters. The van der Waals surface area contributed by atoms with Gasteiger partial charge in [0.2, 0.25) is 5.84 Å². The van der Waals surface area contributed by atoms with E-state index in [1.807, 2.05) is 0 Å². The van der Waals surface area contributed by atoms with E-state index in [1.54, 1.807) is 0 Å². The summed E-state index contributed by atoms with van der Waals surface area (Å²) in [5.74, 6) is 1.44. The topological polar surface area (TPSA) is 15.0 Å². The third kappa shape index (κ3) is 20.1. The van der Waals surface area contributed by atoms with Crippen LogP contribution in [0.4, 0.5) is 0 Å². The number of hydrogen-bond donors (Lipinski definition) is 1. The van der Waals surface area contributed by atoms with Gasteiger partial charge >= 0.3 is 0 Å². The van der Waals surface area contributed by atoms with E-state index in [2.05, 4.69) is 37.8 Å². The molecule has 0 aromatic heterocycles. The SMILES string of the molecule is CCCCCCCCCCNC(CCCCCCCCC)=[N+](C)C.[Br-]. The molecule has 0 bridgehead atoms. The number of nitrogens with one attached hydrogen (secondary N) is 1. The van der Waals surface area contributed by atoms with Gasteiger partial charge in [-0.05, 0) is 19.3 Å². The summed E-state index contributed by atoms with van der Waals surface area (Å²) in [7, 11) is 4.36. The molecule has 0 aromatic rings. The average molecular weight is 420 g/mol. The summed E-state index contributed by atoms with van der Waals surface area (Å²) in [6.07, 6.45) is 22.2. The van der Waals surface area contributed by atoms with E-state index in [4.69, 9.17) is 0 Å². The first kappa shape index (κ1) is 27.2. The monoisotopic (exact) mass is 418 g/mol. The minimum Gasteiger partial charge on any atom is -1.00 e. The number of rotatable bonds is 17. The Labute approximate surface area is 170 Å². The molecular weight excluding hydrogens is 372 g/mol. The van der Waals surface area contributed by atoms with Gasteiger partial charge in [-0.2, -0.15) is 0 Å². The highest BCUT2D eigenvalue weighted by atomic mass is 79.9. The van der Waals surface area contributed by atoms with Gasteiger partial charge in [0, 0.05) is 6.42 Å². The summed E-state index contributed by atoms with van der Waals surface area (Å²) in [4.78, 5) is 0. The van der Waals surface area contributed by atoms with Crippen LogP contribution in [0.3, 0.4) is 0 Å². The largest absolute Gasteiger partial charge is 1.00 e. The van der Waals surface area contributed by atoms with Gasteiger partial charge in [0.1, 0.15) is 0 Å². The van der Waals surface area contributed by atoms with Crippen LogP contribution >= 0.6 is 0 Å². The summed E-state index contributed by atoms with van der Waals surface area (Å²) in [6, 6.07) is 0. The van der Waals surface area contributed by atoms with Crippen LogP contribution < -0.4 is 22.3 Å². The van der Waals surface area contributed by atoms with E-state index in [1.165, 1.54) is 109 Å². The Morgan fingerprint density at radius 3 is 1.44 bits per heavy atom. The molecule has 1 N–H and O–H groups in total. The Morgan fingerprint density at radius 2 is 1.00 bits per heavy atom. The molecule has 0 aliphatic rings. The lowest BCUT2D eigenvalue weighted by Crippen LogP contribution is -3.00. The fourth-order valence-electron chi connectivity index (χ4n) is 3.21. The predicted molar refractivity (Wildman–Crippen MR) is 110 cm³/mol. The second kappa shape index (κ2) is 22.0. The molecule has 0 aliphatic heterocycles. The zero-order chi connectivity index (χ0) is 17.9. The lowest BCUT2D eigenvalue weighted by molar-refractivity contribution is -0.468. The van der Waals surface area contributed by atoms with Gasteiger partial charge < -0.3 is 17.0 Å². The van der Waals surface area contributed by atoms with Crippen molar-refractivity contribution in [2.24, 2.45) is 0 Å². The fourth-order valence-corrected chi connectivity index (χ4v) is 3.21. The molecule has 0 aliphatic carbocycles. The van der Waals surface area contributed by atoms with E-state index in [9.17, 15) is 0 Å². The van der Waals surface area contributed by atoms with E-state index in [0.29, 0.717) is 0 Å². The molecule has 0 saturated carbocycles. The van der Waals surface area contributed by atoms with Crippen LogP contribution in [0.1, 0.15) is 117 Å². The Kier molecular flexibility index (Phi) is 23.9. The zero-order valence-corrected chi connectivity index (χ0v) is 19.4. The molecule has 0 aromatic carbocycles. The summed E-state index contributed by atoms with van der Waals surface area (Å²) < 4.78 is 2.28. The minimum atomic E-state index is 0. The maximum atomic E-state index is 3.68. The summed E-state index contributed by atoms with van der Waals surface area (Å²) in [5.41, 5.74) is 0. The molecular formula is C22H47BrN2. The maximum absolute atomic E-state index is 3.68. The van der Waals surface area contributed by atoms with Crippen LogP contribution in [0, 0.1) is 0 Å². The van der Waals surface area contributed by atoms with Gasteiger partial charge in [-0.1, -0.05) is 90.9 Å². The average Bonchev–Trinajstić information content (AvgIpc) is 2.57. The van der Waals surface area contributed by atoms with Crippen LogP contribution in [0.25, 0.3) is 0 Å². The van der Waals surface area contributed by atoms with E-state index in [0.717, 1.165) is 6.54 Å². The van der Waals surface area contributed by atoms with Crippen LogP contribution in [-0.2, 0) is 0 Å². The van der Waals surface area contributed by atoms with E-state index >= 15 is 0 Å². The number of nitrogens with zero attached hydrogens (tertiary/aromatic N) is 1. The molecule has 0 heterocycles. The smallest absolute Gasteiger partial charge is 0.244 e. The van der Waals surface area contributed by atoms with Gasteiger partial charge in [-0.25, -0.2) is 0 Å². The molecule has 152 valence electrons. The summed E-state index contributed by atoms with van der Waals surface area (Å²) in [5, 5.41) is 3.68. The van der Waals surface area contributed by atoms with E-state index < -0.39 is 0 Å². The van der Waals surface area contributed by atoms with Crippen molar-refractivity contribution in [3.8, 4) is 0 Å². The van der Waals surface area contributed by atoms with Gasteiger partial charge in [0.05, 0.1) is 20.6 Å². The quantitative estimate of drug-likeness (QED) is 0.165. The predicted octanol–water partition coefficient (Wildman–Crippen LogP) is 3.53. The maximum Gasteiger partial charge on any atom is 0.244 e. The molecule has 0 saturated heterocycles. The lowest BCUT2D eigenvalue weighted by atomic mass is 10.1. The lowest BCUT2D eigenvalue weighted by Gasteiger charge is -2.07. The highest BCUT2D eigenvalue weighted by Gasteiger charge is 2.07. The first-order valence-corrected chi connectivity index (χ1v) is 11.0. The second-order valence-corrected chi connectivity index (χ2v) is 7.61. The first-order valence-electron chi connectivity index (χ1n) is 11.0. The molecule has 0 rings (SSSR count). The van der Waals surface area contributed by atoms with Crippen molar-refractivity contribution >= 4 is 5.84 Å². The first-order chi connectivity index (χ1) is 11.7. The van der Waals surface area contributed by atoms with Gasteiger partial charge in [-0.15, -0.1) is 0 Å². The highest BCUT2D eigenvalue weighted by Crippen LogP contribution is 2.09. The van der Waals surface area contributed by atoms with Gasteiger partial charge in [0.25, 0.3) is 0 Å². The normalized spacial score (nSPS) is 10.4. The Hall–Kier alpha value is -0.0500. The molecule has 25 heavy (non-hydrogen) atoms. The third-order valence-corrected chi connectivity index (χ3v) is 4.92. The van der Waals surface area contributed by atoms with Crippen molar-refractivity contribution in [1.82, 2.24) is 5.32 Å². The minimum absolute atomic E-state index is 0. The standard InChI is InChI=1S/C22H46N2.BrH/c1-5-7-9-11-13-15-17-19-21-23-22(24(3)4)20-18-16-14-12-10-8-6-2;/h5-21H2,1-4H3;1H. The van der Waals surface area contributed by atoms with Crippen molar-refractivity contribution < 1.29 is 21.6 Å². The number of unbranched alkanes of at least 4 members (excludes halogenated alkanes) is 13. The summed E-state index contributed by atoms with van der Waals surface area (Å²) in [6.45, 7) is 5.73. The van der Waals surface area contributed by atoms with Crippen molar-refractivity contribution in [3.63, 3.8) is 0 Å². The zero-order valence-electron chi connectivity index (χ0n) is 17.8. The molecule has 0 radical (unpaired) electrons. The van der Waals surface area contributed by atoms with Crippen molar-refractivity contribution in [1.29, 1.82) is 0 Å². The van der Waals surface area contributed by atoms with Crippen LogP contribution in [0.2, 0.25) is 0 Å². The molecule has 0 atom stereocenters. The van der Waals surface area contributed by atoms with Crippen molar-refractivity contribution in [2.45, 2.75) is 117 Å². The highest BCUT2D eigenvalue weighted by molar-refractivity contribution is 5.77. The Morgan fingerprint density at radius 1 is 0.600 bits per heavy atom. The van der Waals surface area contributed by atoms with Crippen LogP contribution in [0.5, 0.6) is 0 Å². The van der Waals surface area contributed by atoms with Crippen molar-refractivity contribution in [2.75, 3.05) is 20.6 Å². The molecule has 0 spiro atoms. The second-order valence-electron chi connectivity index (χ2n) is 7.61. The Bertz CT molecular complexity index is 286. The Balaban J connectivity index is 0. The molecule has 3 heteroatoms. The molecule has 0 amide bonds. The van der Waals surface area contributed by atoms with Gasteiger partial charge in [-0.3, -0.25) is 9.89 Å².